The van der Waals surface area contributed by atoms with Crippen LogP contribution >= 0.6 is 11.3 Å². The summed E-state index contributed by atoms with van der Waals surface area (Å²) in [4.78, 5) is 45.2. The molecule has 1 aliphatic heterocycles. The zero-order valence-corrected chi connectivity index (χ0v) is 19.2. The van der Waals surface area contributed by atoms with Gasteiger partial charge in [-0.2, -0.15) is 4.98 Å². The van der Waals surface area contributed by atoms with E-state index in [1.165, 1.54) is 23.5 Å². The van der Waals surface area contributed by atoms with Crippen LogP contribution in [0.5, 0.6) is 0 Å². The first-order chi connectivity index (χ1) is 16.3. The summed E-state index contributed by atoms with van der Waals surface area (Å²) < 4.78 is 14.9. The normalized spacial score (nSPS) is 14.2. The zero-order chi connectivity index (χ0) is 24.0. The van der Waals surface area contributed by atoms with Gasteiger partial charge in [0.05, 0.1) is 16.8 Å². The van der Waals surface area contributed by atoms with Crippen LogP contribution in [0.25, 0.3) is 16.2 Å². The predicted molar refractivity (Wildman–Crippen MR) is 125 cm³/mol. The van der Waals surface area contributed by atoms with Crippen LogP contribution in [-0.4, -0.2) is 43.3 Å². The van der Waals surface area contributed by atoms with Gasteiger partial charge in [0.2, 0.25) is 10.9 Å². The lowest BCUT2D eigenvalue weighted by Crippen LogP contribution is -2.48. The number of thiazole rings is 1. The largest absolute Gasteiger partial charge is 0.291 e. The minimum absolute atomic E-state index is 0.0450. The van der Waals surface area contributed by atoms with E-state index in [2.05, 4.69) is 15.4 Å². The Balaban J connectivity index is 1.43. The van der Waals surface area contributed by atoms with E-state index in [0.717, 1.165) is 10.5 Å². The Morgan fingerprint density at radius 2 is 1.71 bits per heavy atom. The summed E-state index contributed by atoms with van der Waals surface area (Å²) in [5.41, 5.74) is 2.03. The second-order valence-corrected chi connectivity index (χ2v) is 9.25. The summed E-state index contributed by atoms with van der Waals surface area (Å²) >= 11 is 1.32. The number of halogens is 1. The Kier molecular flexibility index (Phi) is 5.45. The molecule has 0 saturated carbocycles. The number of benzene rings is 2. The van der Waals surface area contributed by atoms with E-state index in [9.17, 15) is 18.8 Å². The average Bonchev–Trinajstić information content (AvgIpc) is 3.45. The third-order valence-electron chi connectivity index (χ3n) is 5.59. The van der Waals surface area contributed by atoms with Crippen LogP contribution in [0.4, 0.5) is 10.3 Å². The number of anilines is 1. The number of aromatic nitrogens is 3. The molecule has 0 radical (unpaired) electrons. The third kappa shape index (κ3) is 3.75. The summed E-state index contributed by atoms with van der Waals surface area (Å²) in [6.07, 6.45) is 0.292. The summed E-state index contributed by atoms with van der Waals surface area (Å²) in [6, 6.07) is 11.5. The van der Waals surface area contributed by atoms with Crippen molar-refractivity contribution in [1.29, 1.82) is 0 Å². The highest BCUT2D eigenvalue weighted by Gasteiger charge is 2.43. The molecule has 10 heteroatoms. The Morgan fingerprint density at radius 1 is 1.06 bits per heavy atom. The van der Waals surface area contributed by atoms with E-state index in [0.29, 0.717) is 28.2 Å². The van der Waals surface area contributed by atoms with E-state index >= 15 is 0 Å². The lowest BCUT2D eigenvalue weighted by molar-refractivity contribution is -0.120. The van der Waals surface area contributed by atoms with E-state index in [-0.39, 0.29) is 17.7 Å². The molecule has 3 amide bonds. The van der Waals surface area contributed by atoms with Crippen molar-refractivity contribution in [2.45, 2.75) is 26.3 Å². The molecule has 0 aliphatic carbocycles. The topological polar surface area (TPSA) is 96.7 Å². The highest BCUT2D eigenvalue weighted by Crippen LogP contribution is 2.29. The molecule has 1 unspecified atom stereocenters. The molecular weight excluding hydrogens is 457 g/mol. The van der Waals surface area contributed by atoms with Crippen LogP contribution < -0.4 is 5.32 Å². The molecule has 2 aromatic carbocycles. The molecule has 34 heavy (non-hydrogen) atoms. The van der Waals surface area contributed by atoms with Crippen molar-refractivity contribution in [2.24, 2.45) is 5.92 Å². The molecule has 1 N–H and O–H groups in total. The van der Waals surface area contributed by atoms with Crippen molar-refractivity contribution in [3.63, 3.8) is 0 Å². The Labute approximate surface area is 198 Å². The number of nitrogens with one attached hydrogen (secondary N) is 1. The monoisotopic (exact) mass is 477 g/mol. The van der Waals surface area contributed by atoms with Gasteiger partial charge in [0.15, 0.2) is 0 Å². The molecule has 3 heterocycles. The van der Waals surface area contributed by atoms with Gasteiger partial charge in [-0.25, -0.2) is 8.91 Å². The fourth-order valence-corrected chi connectivity index (χ4v) is 4.85. The Bertz CT molecular complexity index is 1390. The van der Waals surface area contributed by atoms with Crippen molar-refractivity contribution in [1.82, 2.24) is 19.5 Å². The molecule has 2 aromatic heterocycles. The lowest BCUT2D eigenvalue weighted by atomic mass is 10.0. The number of hydrogen-bond donors (Lipinski definition) is 1. The van der Waals surface area contributed by atoms with Gasteiger partial charge in [-0.15, -0.1) is 16.4 Å². The Hall–Kier alpha value is -3.92. The van der Waals surface area contributed by atoms with Gasteiger partial charge in [-0.05, 0) is 48.7 Å². The first-order valence-corrected chi connectivity index (χ1v) is 11.6. The molecule has 5 rings (SSSR count). The second-order valence-electron chi connectivity index (χ2n) is 8.42. The number of carbonyl (C=O) groups excluding carboxylic acids is 3. The first kappa shape index (κ1) is 21.9. The maximum atomic E-state index is 13.3. The number of amides is 3. The van der Waals surface area contributed by atoms with Crippen molar-refractivity contribution in [3.8, 4) is 11.3 Å². The van der Waals surface area contributed by atoms with E-state index in [4.69, 9.17) is 0 Å². The van der Waals surface area contributed by atoms with Gasteiger partial charge < -0.3 is 0 Å². The minimum Gasteiger partial charge on any atom is -0.291 e. The molecule has 0 spiro atoms. The van der Waals surface area contributed by atoms with Crippen molar-refractivity contribution in [2.75, 3.05) is 5.32 Å². The van der Waals surface area contributed by atoms with Crippen LogP contribution in [0.15, 0.2) is 53.9 Å². The van der Waals surface area contributed by atoms with Crippen LogP contribution in [-0.2, 0) is 4.79 Å². The second kappa shape index (κ2) is 8.45. The van der Waals surface area contributed by atoms with E-state index in [1.54, 1.807) is 40.9 Å². The molecule has 1 aliphatic rings. The van der Waals surface area contributed by atoms with Crippen LogP contribution in [0.2, 0.25) is 0 Å². The van der Waals surface area contributed by atoms with Crippen molar-refractivity contribution < 1.29 is 18.8 Å². The number of carbonyl (C=O) groups is 3. The smallest absolute Gasteiger partial charge is 0.262 e. The summed E-state index contributed by atoms with van der Waals surface area (Å²) in [5, 5.41) is 8.89. The van der Waals surface area contributed by atoms with Crippen molar-refractivity contribution >= 4 is 40.0 Å². The standard InChI is InChI=1S/C24H20FN5O3S/c1-13(2)11-18(29-21(32)16-5-3-4-6-17(16)22(29)33)20(31)26-23-27-24-30(28-23)19(12-34-24)14-7-9-15(25)10-8-14/h3-10,12-13,18H,11H2,1-2H3,(H,26,28,31). The van der Waals surface area contributed by atoms with E-state index in [1.807, 2.05) is 19.2 Å². The zero-order valence-electron chi connectivity index (χ0n) is 18.4. The average molecular weight is 478 g/mol. The molecule has 0 bridgehead atoms. The van der Waals surface area contributed by atoms with Crippen LogP contribution in [0.3, 0.4) is 0 Å². The number of rotatable bonds is 6. The van der Waals surface area contributed by atoms with Gasteiger partial charge >= 0.3 is 0 Å². The maximum absolute atomic E-state index is 13.3. The fourth-order valence-electron chi connectivity index (χ4n) is 4.01. The SMILES string of the molecule is CC(C)CC(C(=O)Nc1nc2scc(-c3ccc(F)cc3)n2n1)N1C(=O)c2ccccc2C1=O. The summed E-state index contributed by atoms with van der Waals surface area (Å²) in [7, 11) is 0. The van der Waals surface area contributed by atoms with E-state index < -0.39 is 23.8 Å². The van der Waals surface area contributed by atoms with Crippen molar-refractivity contribution in [3.05, 3.63) is 70.9 Å². The molecule has 8 nitrogen and oxygen atoms in total. The molecule has 4 aromatic rings. The lowest BCUT2D eigenvalue weighted by Gasteiger charge is -2.26. The van der Waals surface area contributed by atoms with Gasteiger partial charge in [-0.1, -0.05) is 26.0 Å². The van der Waals surface area contributed by atoms with Crippen LogP contribution in [0, 0.1) is 11.7 Å². The fraction of sp³-hybridized carbons (Fsp3) is 0.208. The Morgan fingerprint density at radius 3 is 2.32 bits per heavy atom. The van der Waals surface area contributed by atoms with Crippen LogP contribution in [0.1, 0.15) is 41.0 Å². The highest BCUT2D eigenvalue weighted by molar-refractivity contribution is 7.15. The van der Waals surface area contributed by atoms with Gasteiger partial charge in [0, 0.05) is 10.9 Å². The maximum Gasteiger partial charge on any atom is 0.262 e. The minimum atomic E-state index is -1.01. The van der Waals surface area contributed by atoms with Gasteiger partial charge in [0.25, 0.3) is 17.8 Å². The van der Waals surface area contributed by atoms with Gasteiger partial charge in [-0.3, -0.25) is 24.6 Å². The number of nitrogens with zero attached hydrogens (tertiary/aromatic N) is 4. The molecule has 0 saturated heterocycles. The first-order valence-electron chi connectivity index (χ1n) is 10.7. The molecule has 0 fully saturated rings. The molecular formula is C24H20FN5O3S. The molecule has 172 valence electrons. The number of fused-ring (bicyclic) bond motifs is 2. The summed E-state index contributed by atoms with van der Waals surface area (Å²) in [6.45, 7) is 3.83. The molecule has 1 atom stereocenters. The van der Waals surface area contributed by atoms with Gasteiger partial charge in [0.1, 0.15) is 11.9 Å². The number of hydrogen-bond acceptors (Lipinski definition) is 6. The highest BCUT2D eigenvalue weighted by atomic mass is 32.1. The summed E-state index contributed by atoms with van der Waals surface area (Å²) in [5.74, 6) is -1.75. The number of imide groups is 1. The quantitative estimate of drug-likeness (QED) is 0.419. The third-order valence-corrected chi connectivity index (χ3v) is 6.41. The predicted octanol–water partition coefficient (Wildman–Crippen LogP) is 4.25.